The molecule has 0 bridgehead atoms. The lowest BCUT2D eigenvalue weighted by molar-refractivity contribution is 0.0932. The second kappa shape index (κ2) is 11.7. The quantitative estimate of drug-likeness (QED) is 0.300. The topological polar surface area (TPSA) is 106 Å². The Morgan fingerprint density at radius 1 is 1.10 bits per heavy atom. The molecule has 4 aromatic rings. The summed E-state index contributed by atoms with van der Waals surface area (Å²) < 4.78 is 33.8. The smallest absolute Gasteiger partial charge is 0.272 e. The van der Waals surface area contributed by atoms with Gasteiger partial charge in [0.05, 0.1) is 41.5 Å². The van der Waals surface area contributed by atoms with Crippen molar-refractivity contribution in [2.45, 2.75) is 19.5 Å². The van der Waals surface area contributed by atoms with E-state index in [4.69, 9.17) is 33.0 Å². The van der Waals surface area contributed by atoms with Gasteiger partial charge in [0, 0.05) is 29.9 Å². The van der Waals surface area contributed by atoms with Crippen LogP contribution >= 0.6 is 23.2 Å². The number of hydrogen-bond donors (Lipinski definition) is 1. The molecule has 2 aromatic carbocycles. The molecule has 5 rings (SSSR count). The lowest BCUT2D eigenvalue weighted by Crippen LogP contribution is -2.36. The number of halogens is 2. The van der Waals surface area contributed by atoms with Crippen LogP contribution in [0, 0.1) is 0 Å². The first-order valence-corrected chi connectivity index (χ1v) is 15.2. The van der Waals surface area contributed by atoms with E-state index in [1.165, 1.54) is 4.31 Å². The number of nitrogens with one attached hydrogen (secondary N) is 1. The monoisotopic (exact) mass is 611 g/mol. The molecular weight excluding hydrogens is 585 g/mol. The molecule has 212 valence electrons. The van der Waals surface area contributed by atoms with Crippen molar-refractivity contribution in [3.63, 3.8) is 0 Å². The first kappa shape index (κ1) is 28.8. The van der Waals surface area contributed by atoms with Gasteiger partial charge in [0.25, 0.3) is 5.91 Å². The zero-order chi connectivity index (χ0) is 29.3. The highest BCUT2D eigenvalue weighted by atomic mass is 35.5. The highest BCUT2D eigenvalue weighted by molar-refractivity contribution is 7.88. The minimum Gasteiger partial charge on any atom is -0.497 e. The molecule has 0 radical (unpaired) electrons. The molecule has 41 heavy (non-hydrogen) atoms. The average molecular weight is 613 g/mol. The zero-order valence-electron chi connectivity index (χ0n) is 22.5. The van der Waals surface area contributed by atoms with Gasteiger partial charge in [-0.3, -0.25) is 9.78 Å². The maximum Gasteiger partial charge on any atom is 0.272 e. The Hall–Kier alpha value is -3.70. The lowest BCUT2D eigenvalue weighted by atomic mass is 9.98. The maximum atomic E-state index is 13.7. The van der Waals surface area contributed by atoms with Crippen molar-refractivity contribution in [3.05, 3.63) is 105 Å². The van der Waals surface area contributed by atoms with E-state index in [-0.39, 0.29) is 18.8 Å². The number of amides is 1. The fraction of sp³-hybridized carbons (Fsp3) is 0.207. The molecule has 3 heterocycles. The van der Waals surface area contributed by atoms with E-state index in [1.807, 2.05) is 49.4 Å². The molecule has 12 heteroatoms. The number of ether oxygens (including phenoxy) is 1. The first-order valence-electron chi connectivity index (χ1n) is 12.6. The highest BCUT2D eigenvalue weighted by Crippen LogP contribution is 2.36. The van der Waals surface area contributed by atoms with Gasteiger partial charge in [-0.1, -0.05) is 41.4 Å². The lowest BCUT2D eigenvalue weighted by Gasteiger charge is -2.28. The number of hydrogen-bond acceptors (Lipinski definition) is 6. The number of fused-ring (bicyclic) bond motifs is 1. The van der Waals surface area contributed by atoms with Crippen molar-refractivity contribution in [1.29, 1.82) is 0 Å². The van der Waals surface area contributed by atoms with Crippen LogP contribution < -0.4 is 10.1 Å². The molecule has 1 amide bonds. The van der Waals surface area contributed by atoms with Gasteiger partial charge in [0.1, 0.15) is 5.75 Å². The van der Waals surface area contributed by atoms with Crippen LogP contribution in [0.25, 0.3) is 17.3 Å². The van der Waals surface area contributed by atoms with E-state index in [1.54, 1.807) is 42.3 Å². The van der Waals surface area contributed by atoms with Gasteiger partial charge in [0.15, 0.2) is 5.69 Å². The Labute approximate surface area is 248 Å². The third-order valence-corrected chi connectivity index (χ3v) is 8.46. The average Bonchev–Trinajstić information content (AvgIpc) is 3.33. The molecule has 1 aliphatic heterocycles. The molecule has 0 fully saturated rings. The molecule has 0 spiro atoms. The number of carbonyl (C=O) groups excluding carboxylic acids is 1. The number of rotatable bonds is 7. The SMILES string of the molecule is COc1ccc(C=C2CN(S(C)(=O)=O)Cc3c(C(=O)N[C@H](C)c4ccccn4)nn(-c4ccc(Cl)cc4Cl)c32)cc1. The largest absolute Gasteiger partial charge is 0.497 e. The van der Waals surface area contributed by atoms with E-state index in [9.17, 15) is 13.2 Å². The van der Waals surface area contributed by atoms with Gasteiger partial charge >= 0.3 is 0 Å². The molecule has 1 atom stereocenters. The van der Waals surface area contributed by atoms with Crippen LogP contribution in [0.1, 0.15) is 46.0 Å². The maximum absolute atomic E-state index is 13.7. The summed E-state index contributed by atoms with van der Waals surface area (Å²) in [6.07, 6.45) is 4.67. The number of aromatic nitrogens is 3. The van der Waals surface area contributed by atoms with Crippen molar-refractivity contribution in [2.24, 2.45) is 0 Å². The van der Waals surface area contributed by atoms with Crippen LogP contribution in [0.4, 0.5) is 0 Å². The van der Waals surface area contributed by atoms with Crippen molar-refractivity contribution >= 4 is 50.8 Å². The summed E-state index contributed by atoms with van der Waals surface area (Å²) in [5, 5.41) is 8.43. The molecular formula is C29H27Cl2N5O4S. The minimum atomic E-state index is -3.63. The summed E-state index contributed by atoms with van der Waals surface area (Å²) in [5.74, 6) is 0.218. The van der Waals surface area contributed by atoms with Crippen LogP contribution in [0.5, 0.6) is 5.75 Å². The van der Waals surface area contributed by atoms with E-state index in [0.717, 1.165) is 11.8 Å². The Morgan fingerprint density at radius 3 is 2.49 bits per heavy atom. The van der Waals surface area contributed by atoms with E-state index < -0.39 is 22.0 Å². The summed E-state index contributed by atoms with van der Waals surface area (Å²) in [5.41, 5.74) is 3.75. The number of pyridine rings is 1. The molecule has 1 N–H and O–H groups in total. The first-order chi connectivity index (χ1) is 19.5. The molecule has 2 aromatic heterocycles. The third-order valence-electron chi connectivity index (χ3n) is 6.73. The van der Waals surface area contributed by atoms with E-state index in [2.05, 4.69) is 10.3 Å². The number of nitrogens with zero attached hydrogens (tertiary/aromatic N) is 4. The Bertz CT molecular complexity index is 1740. The van der Waals surface area contributed by atoms with Gasteiger partial charge in [-0.2, -0.15) is 9.40 Å². The summed E-state index contributed by atoms with van der Waals surface area (Å²) in [4.78, 5) is 18.0. The number of sulfonamides is 1. The van der Waals surface area contributed by atoms with E-state index >= 15 is 0 Å². The Balaban J connectivity index is 1.69. The van der Waals surface area contributed by atoms with Gasteiger partial charge in [-0.05, 0) is 66.6 Å². The van der Waals surface area contributed by atoms with Crippen LogP contribution in [0.2, 0.25) is 10.0 Å². The Kier molecular flexibility index (Phi) is 8.19. The van der Waals surface area contributed by atoms with Crippen molar-refractivity contribution in [1.82, 2.24) is 24.4 Å². The highest BCUT2D eigenvalue weighted by Gasteiger charge is 2.35. The van der Waals surface area contributed by atoms with Crippen molar-refractivity contribution in [3.8, 4) is 11.4 Å². The number of methoxy groups -OCH3 is 1. The fourth-order valence-electron chi connectivity index (χ4n) is 4.66. The Morgan fingerprint density at radius 2 is 1.85 bits per heavy atom. The van der Waals surface area contributed by atoms with Crippen LogP contribution in [0.3, 0.4) is 0 Å². The van der Waals surface area contributed by atoms with Gasteiger partial charge < -0.3 is 10.1 Å². The molecule has 1 aliphatic rings. The standard InChI is InChI=1S/C29H27Cl2N5O4S/c1-18(25-6-4-5-13-32-25)33-29(37)27-23-17-35(41(3,38)39)16-20(14-19-7-10-22(40-2)11-8-19)28(23)36(34-27)26-12-9-21(30)15-24(26)31/h4-15,18H,16-17H2,1-3H3,(H,33,37)/t18-/m1/s1. The van der Waals surface area contributed by atoms with Crippen molar-refractivity contribution in [2.75, 3.05) is 19.9 Å². The summed E-state index contributed by atoms with van der Waals surface area (Å²) in [6.45, 7) is 1.85. The molecule has 0 saturated heterocycles. The van der Waals surface area contributed by atoms with E-state index in [0.29, 0.717) is 44.0 Å². The van der Waals surface area contributed by atoms with Crippen LogP contribution in [0.15, 0.2) is 66.9 Å². The van der Waals surface area contributed by atoms with Gasteiger partial charge in [-0.25, -0.2) is 13.1 Å². The predicted molar refractivity (Wildman–Crippen MR) is 160 cm³/mol. The molecule has 9 nitrogen and oxygen atoms in total. The number of carbonyl (C=O) groups is 1. The fourth-order valence-corrected chi connectivity index (χ4v) is 5.88. The predicted octanol–water partition coefficient (Wildman–Crippen LogP) is 5.39. The van der Waals surface area contributed by atoms with Crippen LogP contribution in [-0.2, 0) is 16.6 Å². The van der Waals surface area contributed by atoms with Gasteiger partial charge in [0.2, 0.25) is 10.0 Å². The van der Waals surface area contributed by atoms with Crippen molar-refractivity contribution < 1.29 is 17.9 Å². The van der Waals surface area contributed by atoms with Crippen LogP contribution in [-0.4, -0.2) is 53.3 Å². The minimum absolute atomic E-state index is 0.0416. The normalized spacial score (nSPS) is 15.4. The summed E-state index contributed by atoms with van der Waals surface area (Å²) in [7, 11) is -2.05. The second-order valence-electron chi connectivity index (χ2n) is 9.61. The summed E-state index contributed by atoms with van der Waals surface area (Å²) >= 11 is 12.8. The zero-order valence-corrected chi connectivity index (χ0v) is 24.8. The van der Waals surface area contributed by atoms with Gasteiger partial charge in [-0.15, -0.1) is 0 Å². The molecule has 0 unspecified atom stereocenters. The molecule has 0 saturated carbocycles. The number of benzene rings is 2. The second-order valence-corrected chi connectivity index (χ2v) is 12.4. The third kappa shape index (κ3) is 6.15. The molecule has 0 aliphatic carbocycles. The summed E-state index contributed by atoms with van der Waals surface area (Å²) in [6, 6.07) is 17.4.